The Labute approximate surface area is 168 Å². The Morgan fingerprint density at radius 1 is 0.964 bits per heavy atom. The van der Waals surface area contributed by atoms with Crippen molar-refractivity contribution in [3.8, 4) is 17.2 Å². The van der Waals surface area contributed by atoms with Gasteiger partial charge in [-0.3, -0.25) is 4.99 Å². The quantitative estimate of drug-likeness (QED) is 0.558. The van der Waals surface area contributed by atoms with E-state index >= 15 is 0 Å². The maximum Gasteiger partial charge on any atom is 0.203 e. The predicted molar refractivity (Wildman–Crippen MR) is 114 cm³/mol. The molecule has 152 valence electrons. The summed E-state index contributed by atoms with van der Waals surface area (Å²) < 4.78 is 16.4. The van der Waals surface area contributed by atoms with Gasteiger partial charge < -0.3 is 24.4 Å². The topological polar surface area (TPSA) is 55.3 Å². The molecule has 0 saturated heterocycles. The average molecular weight is 386 g/mol. The maximum absolute atomic E-state index is 5.56. The van der Waals surface area contributed by atoms with Gasteiger partial charge in [-0.2, -0.15) is 0 Å². The molecule has 6 heteroatoms. The fourth-order valence-electron chi connectivity index (χ4n) is 3.10. The summed E-state index contributed by atoms with van der Waals surface area (Å²) >= 11 is 0. The average Bonchev–Trinajstić information content (AvgIpc) is 2.71. The van der Waals surface area contributed by atoms with Gasteiger partial charge in [0.15, 0.2) is 17.5 Å². The van der Waals surface area contributed by atoms with Crippen molar-refractivity contribution in [1.29, 1.82) is 0 Å². The zero-order chi connectivity index (χ0) is 20.5. The van der Waals surface area contributed by atoms with Crippen molar-refractivity contribution in [2.24, 2.45) is 4.99 Å². The summed E-state index contributed by atoms with van der Waals surface area (Å²) in [4.78, 5) is 6.50. The van der Waals surface area contributed by atoms with Gasteiger partial charge in [0.1, 0.15) is 0 Å². The standard InChI is InChI=1S/C22H31N3O3/c1-16-7-9-17(10-8-16)15-25(3)22(23-2)24-14-13-18-11-12-19(26-4)21(28-6)20(18)27-5/h7-12H,13-15H2,1-6H3,(H,23,24). The molecule has 0 radical (unpaired) electrons. The van der Waals surface area contributed by atoms with Gasteiger partial charge in [0.25, 0.3) is 0 Å². The molecule has 0 bridgehead atoms. The van der Waals surface area contributed by atoms with E-state index in [4.69, 9.17) is 14.2 Å². The number of aryl methyl sites for hydroxylation is 1. The van der Waals surface area contributed by atoms with Gasteiger partial charge in [0, 0.05) is 32.7 Å². The van der Waals surface area contributed by atoms with E-state index in [-0.39, 0.29) is 0 Å². The monoisotopic (exact) mass is 385 g/mol. The first-order valence-electron chi connectivity index (χ1n) is 9.29. The third-order valence-corrected chi connectivity index (χ3v) is 4.58. The van der Waals surface area contributed by atoms with Crippen molar-refractivity contribution in [3.63, 3.8) is 0 Å². The van der Waals surface area contributed by atoms with Crippen molar-refractivity contribution < 1.29 is 14.2 Å². The molecule has 28 heavy (non-hydrogen) atoms. The minimum absolute atomic E-state index is 0.614. The summed E-state index contributed by atoms with van der Waals surface area (Å²) in [5, 5.41) is 3.41. The largest absolute Gasteiger partial charge is 0.493 e. The minimum atomic E-state index is 0.614. The molecule has 0 atom stereocenters. The van der Waals surface area contributed by atoms with E-state index in [0.717, 1.165) is 31.0 Å². The highest BCUT2D eigenvalue weighted by molar-refractivity contribution is 5.79. The number of hydrogen-bond donors (Lipinski definition) is 1. The fourth-order valence-corrected chi connectivity index (χ4v) is 3.10. The summed E-state index contributed by atoms with van der Waals surface area (Å²) in [6.07, 6.45) is 0.765. The van der Waals surface area contributed by atoms with Gasteiger partial charge in [-0.25, -0.2) is 0 Å². The molecule has 0 aliphatic carbocycles. The van der Waals surface area contributed by atoms with Gasteiger partial charge in [-0.1, -0.05) is 35.9 Å². The normalized spacial score (nSPS) is 11.1. The van der Waals surface area contributed by atoms with Crippen LogP contribution in [0.2, 0.25) is 0 Å². The molecule has 0 fully saturated rings. The Hall–Kier alpha value is -2.89. The van der Waals surface area contributed by atoms with Crippen molar-refractivity contribution in [3.05, 3.63) is 53.1 Å². The summed E-state index contributed by atoms with van der Waals surface area (Å²) in [5.41, 5.74) is 3.56. The number of aliphatic imine (C=N–C) groups is 1. The Kier molecular flexibility index (Phi) is 7.99. The van der Waals surface area contributed by atoms with Crippen LogP contribution in [0.3, 0.4) is 0 Å². The Morgan fingerprint density at radius 2 is 1.64 bits per heavy atom. The molecule has 0 spiro atoms. The van der Waals surface area contributed by atoms with Crippen molar-refractivity contribution in [1.82, 2.24) is 10.2 Å². The smallest absolute Gasteiger partial charge is 0.203 e. The molecule has 0 amide bonds. The van der Waals surface area contributed by atoms with E-state index in [9.17, 15) is 0 Å². The summed E-state index contributed by atoms with van der Waals surface area (Å²) in [7, 11) is 8.70. The van der Waals surface area contributed by atoms with Gasteiger partial charge in [-0.05, 0) is 25.0 Å². The minimum Gasteiger partial charge on any atom is -0.493 e. The van der Waals surface area contributed by atoms with Crippen LogP contribution in [0.15, 0.2) is 41.4 Å². The number of benzene rings is 2. The first kappa shape index (κ1) is 21.4. The molecular weight excluding hydrogens is 354 g/mol. The van der Waals surface area contributed by atoms with Gasteiger partial charge in [0.05, 0.1) is 21.3 Å². The number of guanidine groups is 1. The lowest BCUT2D eigenvalue weighted by Crippen LogP contribution is -2.39. The van der Waals surface area contributed by atoms with Gasteiger partial charge in [-0.15, -0.1) is 0 Å². The van der Waals surface area contributed by atoms with Crippen molar-refractivity contribution in [2.45, 2.75) is 19.9 Å². The summed E-state index contributed by atoms with van der Waals surface area (Å²) in [6, 6.07) is 12.4. The zero-order valence-corrected chi connectivity index (χ0v) is 17.7. The molecule has 0 heterocycles. The molecule has 0 aromatic heterocycles. The SMILES string of the molecule is CN=C(NCCc1ccc(OC)c(OC)c1OC)N(C)Cc1ccc(C)cc1. The lowest BCUT2D eigenvalue weighted by Gasteiger charge is -2.22. The fraction of sp³-hybridized carbons (Fsp3) is 0.409. The van der Waals surface area contributed by atoms with Crippen LogP contribution in [0.5, 0.6) is 17.2 Å². The van der Waals surface area contributed by atoms with E-state index in [0.29, 0.717) is 17.2 Å². The molecule has 1 N–H and O–H groups in total. The van der Waals surface area contributed by atoms with Crippen LogP contribution >= 0.6 is 0 Å². The van der Waals surface area contributed by atoms with Crippen LogP contribution in [-0.2, 0) is 13.0 Å². The summed E-state index contributed by atoms with van der Waals surface area (Å²) in [5.74, 6) is 2.82. The number of nitrogens with one attached hydrogen (secondary N) is 1. The van der Waals surface area contributed by atoms with Crippen LogP contribution in [-0.4, -0.2) is 52.8 Å². The van der Waals surface area contributed by atoms with Crippen LogP contribution in [0, 0.1) is 6.92 Å². The highest BCUT2D eigenvalue weighted by atomic mass is 16.5. The van der Waals surface area contributed by atoms with E-state index in [1.165, 1.54) is 11.1 Å². The third-order valence-electron chi connectivity index (χ3n) is 4.58. The molecule has 6 nitrogen and oxygen atoms in total. The first-order chi connectivity index (χ1) is 13.5. The number of nitrogens with zero attached hydrogens (tertiary/aromatic N) is 2. The van der Waals surface area contributed by atoms with E-state index < -0.39 is 0 Å². The van der Waals surface area contributed by atoms with Gasteiger partial charge >= 0.3 is 0 Å². The Bertz CT molecular complexity index is 788. The first-order valence-corrected chi connectivity index (χ1v) is 9.29. The second-order valence-corrected chi connectivity index (χ2v) is 6.56. The number of methoxy groups -OCH3 is 3. The van der Waals surface area contributed by atoms with E-state index in [2.05, 4.69) is 46.4 Å². The van der Waals surface area contributed by atoms with E-state index in [1.54, 1.807) is 28.4 Å². The number of hydrogen-bond acceptors (Lipinski definition) is 4. The number of ether oxygens (including phenoxy) is 3. The van der Waals surface area contributed by atoms with Crippen molar-refractivity contribution >= 4 is 5.96 Å². The molecule has 2 aromatic carbocycles. The molecular formula is C22H31N3O3. The van der Waals surface area contributed by atoms with Crippen molar-refractivity contribution in [2.75, 3.05) is 42.0 Å². The molecule has 0 unspecified atom stereocenters. The molecule has 2 aromatic rings. The summed E-state index contributed by atoms with van der Waals surface area (Å²) in [6.45, 7) is 3.60. The van der Waals surface area contributed by atoms with Gasteiger partial charge in [0.2, 0.25) is 5.75 Å². The predicted octanol–water partition coefficient (Wildman–Crippen LogP) is 3.27. The van der Waals surface area contributed by atoms with Crippen LogP contribution in [0.4, 0.5) is 0 Å². The maximum atomic E-state index is 5.56. The third kappa shape index (κ3) is 5.31. The lowest BCUT2D eigenvalue weighted by molar-refractivity contribution is 0.322. The highest BCUT2D eigenvalue weighted by Crippen LogP contribution is 2.39. The molecule has 0 aliphatic heterocycles. The number of rotatable bonds is 8. The van der Waals surface area contributed by atoms with E-state index in [1.807, 2.05) is 19.2 Å². The Morgan fingerprint density at radius 3 is 2.21 bits per heavy atom. The van der Waals surface area contributed by atoms with Crippen LogP contribution < -0.4 is 19.5 Å². The second kappa shape index (κ2) is 10.4. The second-order valence-electron chi connectivity index (χ2n) is 6.56. The Balaban J connectivity index is 1.99. The molecule has 2 rings (SSSR count). The lowest BCUT2D eigenvalue weighted by atomic mass is 10.1. The molecule has 0 aliphatic rings. The zero-order valence-electron chi connectivity index (χ0n) is 17.7. The molecule has 0 saturated carbocycles. The van der Waals surface area contributed by atoms with Crippen LogP contribution in [0.1, 0.15) is 16.7 Å². The highest BCUT2D eigenvalue weighted by Gasteiger charge is 2.16. The van der Waals surface area contributed by atoms with Crippen LogP contribution in [0.25, 0.3) is 0 Å².